The fourth-order valence-electron chi connectivity index (χ4n) is 1.95. The monoisotopic (exact) mass is 294 g/mol. The van der Waals surface area contributed by atoms with E-state index >= 15 is 0 Å². The Bertz CT molecular complexity index is 427. The van der Waals surface area contributed by atoms with Crippen LogP contribution in [-0.2, 0) is 4.79 Å². The van der Waals surface area contributed by atoms with Crippen LogP contribution in [0.5, 0.6) is 11.5 Å². The van der Waals surface area contributed by atoms with Crippen LogP contribution in [0.25, 0.3) is 0 Å². The number of amides is 1. The molecule has 0 aliphatic heterocycles. The number of carbonyl (C=O) groups excluding carboxylic acids is 1. The van der Waals surface area contributed by atoms with Crippen molar-refractivity contribution in [3.63, 3.8) is 0 Å². The summed E-state index contributed by atoms with van der Waals surface area (Å²) < 4.78 is 10.4. The molecule has 1 atom stereocenters. The highest BCUT2D eigenvalue weighted by Gasteiger charge is 2.13. The van der Waals surface area contributed by atoms with Crippen LogP contribution in [-0.4, -0.2) is 32.7 Å². The lowest BCUT2D eigenvalue weighted by molar-refractivity contribution is -0.121. The second-order valence-electron chi connectivity index (χ2n) is 4.97. The molecule has 0 aliphatic carbocycles. The van der Waals surface area contributed by atoms with Gasteiger partial charge in [-0.25, -0.2) is 0 Å². The first-order chi connectivity index (χ1) is 10.1. The molecule has 0 radical (unpaired) electrons. The van der Waals surface area contributed by atoms with E-state index in [0.717, 1.165) is 31.5 Å². The number of hydrogen-bond acceptors (Lipinski definition) is 4. The van der Waals surface area contributed by atoms with Crippen molar-refractivity contribution in [2.45, 2.75) is 39.2 Å². The van der Waals surface area contributed by atoms with Crippen LogP contribution < -0.4 is 20.1 Å². The van der Waals surface area contributed by atoms with Gasteiger partial charge in [0.2, 0.25) is 5.91 Å². The molecule has 0 heterocycles. The van der Waals surface area contributed by atoms with E-state index in [2.05, 4.69) is 17.6 Å². The van der Waals surface area contributed by atoms with Gasteiger partial charge in [-0.2, -0.15) is 0 Å². The van der Waals surface area contributed by atoms with E-state index in [1.807, 2.05) is 19.1 Å². The van der Waals surface area contributed by atoms with Gasteiger partial charge in [-0.05, 0) is 13.3 Å². The number of hydrogen-bond donors (Lipinski definition) is 2. The second kappa shape index (κ2) is 9.10. The lowest BCUT2D eigenvalue weighted by Gasteiger charge is -2.16. The fourth-order valence-corrected chi connectivity index (χ4v) is 1.95. The summed E-state index contributed by atoms with van der Waals surface area (Å²) in [4.78, 5) is 12.0. The average Bonchev–Trinajstić information content (AvgIpc) is 2.50. The van der Waals surface area contributed by atoms with Gasteiger partial charge in [-0.1, -0.05) is 19.8 Å². The number of benzene rings is 1. The lowest BCUT2D eigenvalue weighted by Crippen LogP contribution is -2.38. The Hall–Kier alpha value is -1.91. The molecule has 0 bridgehead atoms. The van der Waals surface area contributed by atoms with Gasteiger partial charge < -0.3 is 20.1 Å². The van der Waals surface area contributed by atoms with Crippen LogP contribution in [0.4, 0.5) is 5.69 Å². The molecule has 0 saturated carbocycles. The minimum Gasteiger partial charge on any atom is -0.497 e. The van der Waals surface area contributed by atoms with E-state index in [9.17, 15) is 4.79 Å². The molecule has 21 heavy (non-hydrogen) atoms. The van der Waals surface area contributed by atoms with Gasteiger partial charge in [0.05, 0.1) is 14.2 Å². The first-order valence-electron chi connectivity index (χ1n) is 7.38. The standard InChI is InChI=1S/C16H26N2O3/c1-5-6-7-8-17-16(19)12(2)18-13-9-14(20-3)11-15(10-13)21-4/h9-12,18H,5-8H2,1-4H3,(H,17,19). The molecule has 1 aromatic carbocycles. The molecule has 0 aromatic heterocycles. The smallest absolute Gasteiger partial charge is 0.242 e. The van der Waals surface area contributed by atoms with Crippen molar-refractivity contribution in [3.05, 3.63) is 18.2 Å². The zero-order valence-corrected chi connectivity index (χ0v) is 13.4. The Balaban J connectivity index is 2.56. The molecule has 5 nitrogen and oxygen atoms in total. The molecule has 0 saturated heterocycles. The van der Waals surface area contributed by atoms with Crippen LogP contribution in [0.15, 0.2) is 18.2 Å². The predicted octanol–water partition coefficient (Wildman–Crippen LogP) is 2.81. The van der Waals surface area contributed by atoms with E-state index < -0.39 is 0 Å². The molecule has 118 valence electrons. The molecule has 1 amide bonds. The highest BCUT2D eigenvalue weighted by atomic mass is 16.5. The van der Waals surface area contributed by atoms with Crippen molar-refractivity contribution in [2.75, 3.05) is 26.1 Å². The second-order valence-corrected chi connectivity index (χ2v) is 4.97. The largest absolute Gasteiger partial charge is 0.497 e. The molecule has 2 N–H and O–H groups in total. The zero-order valence-electron chi connectivity index (χ0n) is 13.4. The molecular weight excluding hydrogens is 268 g/mol. The summed E-state index contributed by atoms with van der Waals surface area (Å²) >= 11 is 0. The van der Waals surface area contributed by atoms with Crippen LogP contribution in [0.3, 0.4) is 0 Å². The maximum absolute atomic E-state index is 12.0. The average molecular weight is 294 g/mol. The van der Waals surface area contributed by atoms with Crippen molar-refractivity contribution in [1.82, 2.24) is 5.32 Å². The lowest BCUT2D eigenvalue weighted by atomic mass is 10.2. The Morgan fingerprint density at radius 1 is 1.14 bits per heavy atom. The minimum atomic E-state index is -0.316. The number of ether oxygens (including phenoxy) is 2. The molecule has 0 fully saturated rings. The molecular formula is C16H26N2O3. The highest BCUT2D eigenvalue weighted by Crippen LogP contribution is 2.26. The quantitative estimate of drug-likeness (QED) is 0.688. The first-order valence-corrected chi connectivity index (χ1v) is 7.38. The maximum Gasteiger partial charge on any atom is 0.242 e. The van der Waals surface area contributed by atoms with Gasteiger partial charge in [-0.15, -0.1) is 0 Å². The Kier molecular flexibility index (Phi) is 7.43. The number of carbonyl (C=O) groups is 1. The van der Waals surface area contributed by atoms with E-state index in [1.54, 1.807) is 20.3 Å². The van der Waals surface area contributed by atoms with Gasteiger partial charge in [-0.3, -0.25) is 4.79 Å². The van der Waals surface area contributed by atoms with E-state index in [1.165, 1.54) is 0 Å². The van der Waals surface area contributed by atoms with Gasteiger partial charge in [0.15, 0.2) is 0 Å². The summed E-state index contributed by atoms with van der Waals surface area (Å²) in [6.07, 6.45) is 3.30. The molecule has 5 heteroatoms. The predicted molar refractivity (Wildman–Crippen MR) is 85.2 cm³/mol. The number of unbranched alkanes of at least 4 members (excludes halogenated alkanes) is 2. The van der Waals surface area contributed by atoms with Crippen LogP contribution in [0.2, 0.25) is 0 Å². The third-order valence-electron chi connectivity index (χ3n) is 3.21. The topological polar surface area (TPSA) is 59.6 Å². The summed E-state index contributed by atoms with van der Waals surface area (Å²) in [6, 6.07) is 5.15. The van der Waals surface area contributed by atoms with Crippen LogP contribution in [0.1, 0.15) is 33.1 Å². The van der Waals surface area contributed by atoms with Crippen molar-refractivity contribution >= 4 is 11.6 Å². The minimum absolute atomic E-state index is 0.00658. The fraction of sp³-hybridized carbons (Fsp3) is 0.562. The molecule has 1 unspecified atom stereocenters. The molecule has 0 spiro atoms. The van der Waals surface area contributed by atoms with Crippen molar-refractivity contribution < 1.29 is 14.3 Å². The zero-order chi connectivity index (χ0) is 15.7. The Morgan fingerprint density at radius 3 is 2.29 bits per heavy atom. The van der Waals surface area contributed by atoms with E-state index in [-0.39, 0.29) is 11.9 Å². The summed E-state index contributed by atoms with van der Waals surface area (Å²) in [6.45, 7) is 4.70. The highest BCUT2D eigenvalue weighted by molar-refractivity contribution is 5.84. The number of nitrogens with one attached hydrogen (secondary N) is 2. The van der Waals surface area contributed by atoms with Gasteiger partial charge in [0.25, 0.3) is 0 Å². The van der Waals surface area contributed by atoms with Crippen molar-refractivity contribution in [1.29, 1.82) is 0 Å². The van der Waals surface area contributed by atoms with Gasteiger partial charge in [0.1, 0.15) is 17.5 Å². The summed E-state index contributed by atoms with van der Waals surface area (Å²) in [5.41, 5.74) is 0.794. The van der Waals surface area contributed by atoms with Gasteiger partial charge in [0, 0.05) is 30.4 Å². The SMILES string of the molecule is CCCCCNC(=O)C(C)Nc1cc(OC)cc(OC)c1. The maximum atomic E-state index is 12.0. The van der Waals surface area contributed by atoms with Gasteiger partial charge >= 0.3 is 0 Å². The van der Waals surface area contributed by atoms with Crippen molar-refractivity contribution in [2.24, 2.45) is 0 Å². The third kappa shape index (κ3) is 5.94. The Morgan fingerprint density at radius 2 is 1.76 bits per heavy atom. The first kappa shape index (κ1) is 17.1. The third-order valence-corrected chi connectivity index (χ3v) is 3.21. The Labute approximate surface area is 127 Å². The van der Waals surface area contributed by atoms with Crippen LogP contribution in [0, 0.1) is 0 Å². The number of rotatable bonds is 9. The number of methoxy groups -OCH3 is 2. The summed E-state index contributed by atoms with van der Waals surface area (Å²) in [5.74, 6) is 1.37. The normalized spacial score (nSPS) is 11.6. The molecule has 1 rings (SSSR count). The number of anilines is 1. The van der Waals surface area contributed by atoms with Crippen molar-refractivity contribution in [3.8, 4) is 11.5 Å². The molecule has 1 aromatic rings. The summed E-state index contributed by atoms with van der Waals surface area (Å²) in [7, 11) is 3.20. The molecule has 0 aliphatic rings. The van der Waals surface area contributed by atoms with E-state index in [4.69, 9.17) is 9.47 Å². The van der Waals surface area contributed by atoms with Crippen LogP contribution >= 0.6 is 0 Å². The summed E-state index contributed by atoms with van der Waals surface area (Å²) in [5, 5.41) is 6.09. The van der Waals surface area contributed by atoms with E-state index in [0.29, 0.717) is 11.5 Å².